The molecule has 0 radical (unpaired) electrons. The molecule has 0 bridgehead atoms. The van der Waals surface area contributed by atoms with E-state index in [1.165, 1.54) is 57.8 Å². The van der Waals surface area contributed by atoms with Crippen LogP contribution in [-0.2, 0) is 0 Å². The summed E-state index contributed by atoms with van der Waals surface area (Å²) in [4.78, 5) is 2.52. The molecule has 0 N–H and O–H groups in total. The smallest absolute Gasteiger partial charge is 0.00922 e. The number of hydrogen-bond acceptors (Lipinski definition) is 1. The lowest BCUT2D eigenvalue weighted by atomic mass is 9.44. The van der Waals surface area contributed by atoms with E-state index in [-0.39, 0.29) is 0 Å². The third-order valence-electron chi connectivity index (χ3n) is 11.6. The predicted octanol–water partition coefficient (Wildman–Crippen LogP) is 8.04. The average Bonchev–Trinajstić information content (AvgIpc) is 3.04. The molecule has 0 unspecified atom stereocenters. The maximum absolute atomic E-state index is 2.75. The molecule has 0 aromatic heterocycles. The van der Waals surface area contributed by atoms with Crippen molar-refractivity contribution >= 4 is 0 Å². The van der Waals surface area contributed by atoms with Gasteiger partial charge in [-0.25, -0.2) is 0 Å². The molecule has 0 amide bonds. The van der Waals surface area contributed by atoms with Crippen LogP contribution in [0.1, 0.15) is 112 Å². The summed E-state index contributed by atoms with van der Waals surface area (Å²) in [5.41, 5.74) is 1.31. The van der Waals surface area contributed by atoms with Crippen molar-refractivity contribution in [1.82, 2.24) is 4.90 Å². The van der Waals surface area contributed by atoms with Crippen LogP contribution in [0, 0.1) is 52.3 Å². The zero-order valence-electron chi connectivity index (χ0n) is 21.6. The SMILES string of the molecule is CC(C)CCC[C@@H](C)[C@H]1CC[C@H]2[C@@H]3CC[C@H]4C[C@H](N(C)C)CC[C@]4(C)[C@H]3CC[C@]12C. The summed E-state index contributed by atoms with van der Waals surface area (Å²) in [5, 5.41) is 0. The second-order valence-corrected chi connectivity index (χ2v) is 13.6. The lowest BCUT2D eigenvalue weighted by Gasteiger charge is -2.61. The van der Waals surface area contributed by atoms with Crippen LogP contribution in [-0.4, -0.2) is 25.0 Å². The van der Waals surface area contributed by atoms with Crippen molar-refractivity contribution in [1.29, 1.82) is 0 Å². The first-order chi connectivity index (χ1) is 14.2. The van der Waals surface area contributed by atoms with E-state index in [1.807, 2.05) is 0 Å². The summed E-state index contributed by atoms with van der Waals surface area (Å²) >= 11 is 0. The fourth-order valence-electron chi connectivity index (χ4n) is 9.73. The van der Waals surface area contributed by atoms with Crippen molar-refractivity contribution in [2.45, 2.75) is 118 Å². The fraction of sp³-hybridized carbons (Fsp3) is 1.00. The molecule has 0 aromatic rings. The monoisotopic (exact) mass is 415 g/mol. The van der Waals surface area contributed by atoms with E-state index in [2.05, 4.69) is 53.6 Å². The van der Waals surface area contributed by atoms with Gasteiger partial charge in [-0.05, 0) is 124 Å². The van der Waals surface area contributed by atoms with E-state index in [1.54, 1.807) is 19.3 Å². The molecule has 4 rings (SSSR count). The average molecular weight is 416 g/mol. The van der Waals surface area contributed by atoms with Crippen LogP contribution in [0.4, 0.5) is 0 Å². The third-order valence-corrected chi connectivity index (χ3v) is 11.6. The number of fused-ring (bicyclic) bond motifs is 5. The van der Waals surface area contributed by atoms with E-state index in [9.17, 15) is 0 Å². The Morgan fingerprint density at radius 3 is 2.20 bits per heavy atom. The van der Waals surface area contributed by atoms with Crippen LogP contribution in [0.5, 0.6) is 0 Å². The minimum atomic E-state index is 0.651. The van der Waals surface area contributed by atoms with Gasteiger partial charge in [0.25, 0.3) is 0 Å². The first-order valence-corrected chi connectivity index (χ1v) is 13.8. The highest BCUT2D eigenvalue weighted by Crippen LogP contribution is 2.68. The van der Waals surface area contributed by atoms with Crippen molar-refractivity contribution < 1.29 is 0 Å². The lowest BCUT2D eigenvalue weighted by Crippen LogP contribution is -2.55. The number of hydrogen-bond donors (Lipinski definition) is 0. The molecular formula is C29H53N. The van der Waals surface area contributed by atoms with Gasteiger partial charge < -0.3 is 4.90 Å². The van der Waals surface area contributed by atoms with E-state index < -0.39 is 0 Å². The summed E-state index contributed by atoms with van der Waals surface area (Å²) < 4.78 is 0. The Labute approximate surface area is 189 Å². The molecule has 0 aromatic carbocycles. The highest BCUT2D eigenvalue weighted by Gasteiger charge is 2.60. The first kappa shape index (κ1) is 23.1. The molecule has 4 saturated carbocycles. The maximum Gasteiger partial charge on any atom is 0.00922 e. The topological polar surface area (TPSA) is 3.24 Å². The van der Waals surface area contributed by atoms with Gasteiger partial charge in [0, 0.05) is 6.04 Å². The third kappa shape index (κ3) is 3.92. The highest BCUT2D eigenvalue weighted by molar-refractivity contribution is 5.10. The minimum absolute atomic E-state index is 0.651. The molecule has 4 aliphatic carbocycles. The summed E-state index contributed by atoms with van der Waals surface area (Å²) in [6.07, 6.45) is 18.0. The molecule has 30 heavy (non-hydrogen) atoms. The van der Waals surface area contributed by atoms with Gasteiger partial charge in [-0.1, -0.05) is 53.9 Å². The Hall–Kier alpha value is -0.0400. The Balaban J connectivity index is 1.45. The minimum Gasteiger partial charge on any atom is -0.306 e. The van der Waals surface area contributed by atoms with Crippen LogP contribution < -0.4 is 0 Å². The largest absolute Gasteiger partial charge is 0.306 e. The van der Waals surface area contributed by atoms with Crippen LogP contribution in [0.15, 0.2) is 0 Å². The molecule has 4 aliphatic rings. The van der Waals surface area contributed by atoms with Crippen molar-refractivity contribution in [2.24, 2.45) is 52.3 Å². The van der Waals surface area contributed by atoms with E-state index in [4.69, 9.17) is 0 Å². The van der Waals surface area contributed by atoms with Gasteiger partial charge in [-0.15, -0.1) is 0 Å². The normalized spacial score (nSPS) is 47.1. The van der Waals surface area contributed by atoms with E-state index in [0.717, 1.165) is 47.5 Å². The van der Waals surface area contributed by atoms with Crippen molar-refractivity contribution in [3.8, 4) is 0 Å². The molecule has 0 aliphatic heterocycles. The fourth-order valence-corrected chi connectivity index (χ4v) is 9.73. The zero-order valence-corrected chi connectivity index (χ0v) is 21.6. The molecule has 0 saturated heterocycles. The second-order valence-electron chi connectivity index (χ2n) is 13.6. The summed E-state index contributed by atoms with van der Waals surface area (Å²) in [7, 11) is 4.62. The van der Waals surface area contributed by atoms with Crippen LogP contribution >= 0.6 is 0 Å². The number of rotatable bonds is 6. The maximum atomic E-state index is 2.75. The molecular weight excluding hydrogens is 362 g/mol. The van der Waals surface area contributed by atoms with Crippen molar-refractivity contribution in [3.63, 3.8) is 0 Å². The van der Waals surface area contributed by atoms with Gasteiger partial charge in [0.15, 0.2) is 0 Å². The van der Waals surface area contributed by atoms with Gasteiger partial charge in [0.05, 0.1) is 0 Å². The Morgan fingerprint density at radius 2 is 1.50 bits per heavy atom. The molecule has 1 nitrogen and oxygen atoms in total. The Kier molecular flexibility index (Phi) is 6.72. The van der Waals surface area contributed by atoms with Gasteiger partial charge in [0.2, 0.25) is 0 Å². The molecule has 1 heteroatoms. The van der Waals surface area contributed by atoms with E-state index >= 15 is 0 Å². The molecule has 0 spiro atoms. The quantitative estimate of drug-likeness (QED) is 0.424. The van der Waals surface area contributed by atoms with Crippen LogP contribution in [0.2, 0.25) is 0 Å². The molecule has 174 valence electrons. The summed E-state index contributed by atoms with van der Waals surface area (Å²) in [6, 6.07) is 0.844. The Bertz CT molecular complexity index is 581. The molecule has 9 atom stereocenters. The summed E-state index contributed by atoms with van der Waals surface area (Å²) in [5.74, 6) is 6.94. The van der Waals surface area contributed by atoms with E-state index in [0.29, 0.717) is 10.8 Å². The van der Waals surface area contributed by atoms with Gasteiger partial charge >= 0.3 is 0 Å². The van der Waals surface area contributed by atoms with Gasteiger partial charge in [0.1, 0.15) is 0 Å². The number of nitrogens with zero attached hydrogens (tertiary/aromatic N) is 1. The lowest BCUT2D eigenvalue weighted by molar-refractivity contribution is -0.122. The summed E-state index contributed by atoms with van der Waals surface area (Å²) in [6.45, 7) is 12.9. The van der Waals surface area contributed by atoms with Crippen LogP contribution in [0.3, 0.4) is 0 Å². The molecule has 4 fully saturated rings. The van der Waals surface area contributed by atoms with Crippen molar-refractivity contribution in [2.75, 3.05) is 14.1 Å². The zero-order chi connectivity index (χ0) is 21.7. The van der Waals surface area contributed by atoms with Crippen LogP contribution in [0.25, 0.3) is 0 Å². The molecule has 0 heterocycles. The predicted molar refractivity (Wildman–Crippen MR) is 131 cm³/mol. The van der Waals surface area contributed by atoms with Gasteiger partial charge in [-0.2, -0.15) is 0 Å². The standard InChI is InChI=1S/C29H53N/c1-20(2)9-8-10-21(3)25-13-14-26-24-12-11-22-19-23(30(6)7)15-17-28(22,4)27(24)16-18-29(25,26)5/h20-27H,8-19H2,1-7H3/t21-,22+,23-,24+,25-,26+,27+,28+,29-/m1/s1. The highest BCUT2D eigenvalue weighted by atomic mass is 15.1. The Morgan fingerprint density at radius 1 is 0.800 bits per heavy atom. The van der Waals surface area contributed by atoms with Gasteiger partial charge in [-0.3, -0.25) is 0 Å². The second kappa shape index (κ2) is 8.72. The van der Waals surface area contributed by atoms with Crippen molar-refractivity contribution in [3.05, 3.63) is 0 Å². The first-order valence-electron chi connectivity index (χ1n) is 13.8.